The van der Waals surface area contributed by atoms with E-state index in [9.17, 15) is 4.79 Å². The molecule has 0 aliphatic rings. The van der Waals surface area contributed by atoms with Crippen LogP contribution in [0, 0.1) is 0 Å². The zero-order valence-corrected chi connectivity index (χ0v) is 8.82. The van der Waals surface area contributed by atoms with Gasteiger partial charge in [-0.15, -0.1) is 0 Å². The lowest BCUT2D eigenvalue weighted by molar-refractivity contribution is 0.102. The number of carbonyl (C=O) groups is 1. The molecule has 0 unspecified atom stereocenters. The summed E-state index contributed by atoms with van der Waals surface area (Å²) in [7, 11) is 0. The highest BCUT2D eigenvalue weighted by atomic mass is 35.5. The third-order valence-electron chi connectivity index (χ3n) is 1.80. The molecule has 0 aliphatic heterocycles. The minimum absolute atomic E-state index is 0.144. The summed E-state index contributed by atoms with van der Waals surface area (Å²) in [6, 6.07) is 3.03. The summed E-state index contributed by atoms with van der Waals surface area (Å²) in [4.78, 5) is 22.0. The Bertz CT molecular complexity index is 524. The number of halogens is 1. The highest BCUT2D eigenvalue weighted by molar-refractivity contribution is 6.29. The maximum absolute atomic E-state index is 11.6. The van der Waals surface area contributed by atoms with Gasteiger partial charge in [-0.1, -0.05) is 11.6 Å². The predicted octanol–water partition coefficient (Wildman–Crippen LogP) is 1.29. The maximum atomic E-state index is 11.6. The predicted molar refractivity (Wildman–Crippen MR) is 60.2 cm³/mol. The van der Waals surface area contributed by atoms with Crippen molar-refractivity contribution in [1.82, 2.24) is 15.0 Å². The summed E-state index contributed by atoms with van der Waals surface area (Å²) in [5.74, 6) is -0.232. The molecule has 6 nitrogen and oxygen atoms in total. The van der Waals surface area contributed by atoms with Gasteiger partial charge in [0.2, 0.25) is 5.95 Å². The van der Waals surface area contributed by atoms with Gasteiger partial charge in [-0.05, 0) is 12.1 Å². The molecule has 0 saturated heterocycles. The van der Waals surface area contributed by atoms with Gasteiger partial charge < -0.3 is 10.7 Å². The van der Waals surface area contributed by atoms with E-state index in [2.05, 4.69) is 20.3 Å². The second kappa shape index (κ2) is 4.19. The molecule has 82 valence electrons. The number of nitrogens with zero attached hydrogens (tertiary/aromatic N) is 2. The van der Waals surface area contributed by atoms with Crippen molar-refractivity contribution in [2.75, 3.05) is 11.1 Å². The number of rotatable bonds is 2. The minimum Gasteiger partial charge on any atom is -0.397 e. The lowest BCUT2D eigenvalue weighted by atomic mass is 10.4. The van der Waals surface area contributed by atoms with Crippen LogP contribution in [0.2, 0.25) is 5.15 Å². The van der Waals surface area contributed by atoms with Gasteiger partial charge in [0.1, 0.15) is 10.8 Å². The highest BCUT2D eigenvalue weighted by Gasteiger charge is 2.09. The molecule has 0 aromatic carbocycles. The minimum atomic E-state index is -0.376. The Labute approximate surface area is 95.9 Å². The molecule has 0 aliphatic carbocycles. The van der Waals surface area contributed by atoms with Gasteiger partial charge in [0, 0.05) is 18.1 Å². The summed E-state index contributed by atoms with van der Waals surface area (Å²) < 4.78 is 0. The average Bonchev–Trinajstić information content (AvgIpc) is 2.65. The fraction of sp³-hybridized carbons (Fsp3) is 0. The van der Waals surface area contributed by atoms with Crippen LogP contribution < -0.4 is 11.1 Å². The van der Waals surface area contributed by atoms with Crippen molar-refractivity contribution in [3.8, 4) is 0 Å². The van der Waals surface area contributed by atoms with Crippen LogP contribution in [-0.2, 0) is 0 Å². The van der Waals surface area contributed by atoms with Gasteiger partial charge in [-0.25, -0.2) is 9.97 Å². The van der Waals surface area contributed by atoms with E-state index in [-0.39, 0.29) is 17.0 Å². The first kappa shape index (κ1) is 10.4. The topological polar surface area (TPSA) is 96.7 Å². The first-order valence-electron chi connectivity index (χ1n) is 4.39. The van der Waals surface area contributed by atoms with Gasteiger partial charge in [0.25, 0.3) is 5.91 Å². The molecule has 2 aromatic heterocycles. The molecule has 2 rings (SSSR count). The van der Waals surface area contributed by atoms with Crippen molar-refractivity contribution in [2.24, 2.45) is 0 Å². The average molecular weight is 238 g/mol. The van der Waals surface area contributed by atoms with E-state index < -0.39 is 0 Å². The first-order chi connectivity index (χ1) is 7.65. The quantitative estimate of drug-likeness (QED) is 0.686. The molecular formula is C9H8ClN5O. The van der Waals surface area contributed by atoms with Crippen molar-refractivity contribution in [3.05, 3.63) is 35.4 Å². The number of anilines is 2. The lowest BCUT2D eigenvalue weighted by Crippen LogP contribution is -2.14. The number of hydrogen-bond acceptors (Lipinski definition) is 4. The molecule has 7 heteroatoms. The van der Waals surface area contributed by atoms with Gasteiger partial charge in [-0.3, -0.25) is 10.1 Å². The van der Waals surface area contributed by atoms with Gasteiger partial charge in [0.05, 0.1) is 0 Å². The third-order valence-corrected chi connectivity index (χ3v) is 2.01. The molecule has 4 N–H and O–H groups in total. The Hall–Kier alpha value is -2.08. The zero-order valence-electron chi connectivity index (χ0n) is 8.07. The third kappa shape index (κ3) is 2.29. The van der Waals surface area contributed by atoms with Crippen LogP contribution in [0.4, 0.5) is 11.6 Å². The Kier molecular flexibility index (Phi) is 2.74. The van der Waals surface area contributed by atoms with E-state index in [1.165, 1.54) is 24.5 Å². The van der Waals surface area contributed by atoms with Crippen molar-refractivity contribution >= 4 is 29.1 Å². The van der Waals surface area contributed by atoms with Gasteiger partial charge in [-0.2, -0.15) is 0 Å². The summed E-state index contributed by atoms with van der Waals surface area (Å²) >= 11 is 5.65. The van der Waals surface area contributed by atoms with Crippen molar-refractivity contribution in [2.45, 2.75) is 0 Å². The van der Waals surface area contributed by atoms with E-state index in [0.717, 1.165) is 0 Å². The molecule has 2 heterocycles. The molecule has 0 atom stereocenters. The van der Waals surface area contributed by atoms with E-state index in [1.807, 2.05) is 0 Å². The van der Waals surface area contributed by atoms with Crippen molar-refractivity contribution in [1.29, 1.82) is 0 Å². The van der Waals surface area contributed by atoms with Crippen LogP contribution in [-0.4, -0.2) is 20.9 Å². The van der Waals surface area contributed by atoms with E-state index in [4.69, 9.17) is 17.3 Å². The fourth-order valence-electron chi connectivity index (χ4n) is 1.11. The molecule has 0 spiro atoms. The summed E-state index contributed by atoms with van der Waals surface area (Å²) in [6.07, 6.45) is 2.97. The first-order valence-corrected chi connectivity index (χ1v) is 4.77. The number of carbonyl (C=O) groups excluding carboxylic acids is 1. The zero-order chi connectivity index (χ0) is 11.5. The molecule has 0 bridgehead atoms. The highest BCUT2D eigenvalue weighted by Crippen LogP contribution is 2.09. The molecule has 0 fully saturated rings. The molecule has 1 amide bonds. The van der Waals surface area contributed by atoms with Crippen LogP contribution in [0.5, 0.6) is 0 Å². The summed E-state index contributed by atoms with van der Waals surface area (Å²) in [5, 5.41) is 2.74. The van der Waals surface area contributed by atoms with E-state index >= 15 is 0 Å². The van der Waals surface area contributed by atoms with Crippen LogP contribution in [0.3, 0.4) is 0 Å². The second-order valence-electron chi connectivity index (χ2n) is 3.00. The monoisotopic (exact) mass is 237 g/mol. The van der Waals surface area contributed by atoms with E-state index in [1.54, 1.807) is 0 Å². The van der Waals surface area contributed by atoms with Crippen molar-refractivity contribution < 1.29 is 4.79 Å². The molecule has 2 aromatic rings. The molecule has 0 saturated carbocycles. The number of aromatic nitrogens is 3. The second-order valence-corrected chi connectivity index (χ2v) is 3.39. The Balaban J connectivity index is 2.13. The van der Waals surface area contributed by atoms with Gasteiger partial charge >= 0.3 is 0 Å². The van der Waals surface area contributed by atoms with E-state index in [0.29, 0.717) is 11.4 Å². The molecule has 16 heavy (non-hydrogen) atoms. The number of amides is 1. The fourth-order valence-corrected chi connectivity index (χ4v) is 1.24. The number of aromatic amines is 1. The number of nitrogens with two attached hydrogens (primary N) is 1. The summed E-state index contributed by atoms with van der Waals surface area (Å²) in [6.45, 7) is 0. The number of nitrogens with one attached hydrogen (secondary N) is 2. The lowest BCUT2D eigenvalue weighted by Gasteiger charge is -2.01. The van der Waals surface area contributed by atoms with Crippen LogP contribution >= 0.6 is 11.6 Å². The Morgan fingerprint density at radius 1 is 1.56 bits per heavy atom. The SMILES string of the molecule is Nc1c[nH]c(C(=O)Nc2nccc(Cl)n2)c1. The molecule has 0 radical (unpaired) electrons. The number of nitrogen functional groups attached to an aromatic ring is 1. The standard InChI is InChI=1S/C9H8ClN5O/c10-7-1-2-12-9(14-7)15-8(16)6-3-5(11)4-13-6/h1-4,13H,11H2,(H,12,14,15,16). The number of hydrogen-bond donors (Lipinski definition) is 3. The largest absolute Gasteiger partial charge is 0.397 e. The summed E-state index contributed by atoms with van der Waals surface area (Å²) in [5.41, 5.74) is 6.29. The van der Waals surface area contributed by atoms with Crippen LogP contribution in [0.25, 0.3) is 0 Å². The van der Waals surface area contributed by atoms with Crippen molar-refractivity contribution in [3.63, 3.8) is 0 Å². The van der Waals surface area contributed by atoms with Crippen LogP contribution in [0.15, 0.2) is 24.5 Å². The maximum Gasteiger partial charge on any atom is 0.274 e. The Morgan fingerprint density at radius 2 is 2.38 bits per heavy atom. The Morgan fingerprint density at radius 3 is 3.00 bits per heavy atom. The normalized spacial score (nSPS) is 10.1. The number of H-pyrrole nitrogens is 1. The van der Waals surface area contributed by atoms with Gasteiger partial charge in [0.15, 0.2) is 0 Å². The van der Waals surface area contributed by atoms with Crippen LogP contribution in [0.1, 0.15) is 10.5 Å². The molecular weight excluding hydrogens is 230 g/mol. The smallest absolute Gasteiger partial charge is 0.274 e.